The summed E-state index contributed by atoms with van der Waals surface area (Å²) in [6.07, 6.45) is 1.42. The molecule has 0 saturated heterocycles. The van der Waals surface area contributed by atoms with Crippen LogP contribution in [0.1, 0.15) is 16.1 Å². The molecular weight excluding hydrogens is 338 g/mol. The van der Waals surface area contributed by atoms with E-state index in [-0.39, 0.29) is 22.9 Å². The Morgan fingerprint density at radius 1 is 1.31 bits per heavy atom. The number of pyridine rings is 1. The zero-order valence-electron chi connectivity index (χ0n) is 13.4. The number of nitriles is 1. The van der Waals surface area contributed by atoms with Gasteiger partial charge in [-0.25, -0.2) is 4.98 Å². The summed E-state index contributed by atoms with van der Waals surface area (Å²) in [6, 6.07) is 10.9. The average molecular weight is 351 g/mol. The average Bonchev–Trinajstić information content (AvgIpc) is 3.18. The number of anilines is 1. The number of fused-ring (bicyclic) bond motifs is 1. The Morgan fingerprint density at radius 2 is 2.15 bits per heavy atom. The quantitative estimate of drug-likeness (QED) is 0.396. The molecule has 1 aromatic carbocycles. The summed E-state index contributed by atoms with van der Waals surface area (Å²) in [7, 11) is 0. The molecule has 0 spiro atoms. The number of nitro groups is 1. The van der Waals surface area contributed by atoms with Crippen molar-refractivity contribution in [3.05, 3.63) is 64.1 Å². The maximum absolute atomic E-state index is 11.7. The Bertz CT molecular complexity index is 1010. The molecule has 0 saturated carbocycles. The summed E-state index contributed by atoms with van der Waals surface area (Å²) in [5.41, 5.74) is 0.648. The van der Waals surface area contributed by atoms with E-state index in [9.17, 15) is 20.2 Å². The van der Waals surface area contributed by atoms with Gasteiger partial charge in [-0.1, -0.05) is 0 Å². The topological polar surface area (TPSA) is 134 Å². The van der Waals surface area contributed by atoms with Crippen LogP contribution in [0.4, 0.5) is 11.5 Å². The van der Waals surface area contributed by atoms with Crippen LogP contribution >= 0.6 is 0 Å². The van der Waals surface area contributed by atoms with Gasteiger partial charge in [-0.15, -0.1) is 0 Å². The van der Waals surface area contributed by atoms with Crippen molar-refractivity contribution in [3.8, 4) is 6.07 Å². The second-order valence-electron chi connectivity index (χ2n) is 5.29. The number of aromatic nitrogens is 1. The molecular formula is C17H13N5O4. The van der Waals surface area contributed by atoms with Crippen LogP contribution in [0.5, 0.6) is 0 Å². The van der Waals surface area contributed by atoms with Crippen molar-refractivity contribution in [2.45, 2.75) is 0 Å². The number of non-ortho nitro benzene ring substituents is 1. The highest BCUT2D eigenvalue weighted by molar-refractivity contribution is 5.91. The predicted molar refractivity (Wildman–Crippen MR) is 92.6 cm³/mol. The lowest BCUT2D eigenvalue weighted by molar-refractivity contribution is -0.384. The molecule has 0 unspecified atom stereocenters. The Morgan fingerprint density at radius 3 is 2.85 bits per heavy atom. The number of nitrogens with zero attached hydrogens (tertiary/aromatic N) is 3. The molecule has 0 aliphatic carbocycles. The van der Waals surface area contributed by atoms with E-state index in [0.717, 1.165) is 0 Å². The van der Waals surface area contributed by atoms with Crippen LogP contribution in [-0.4, -0.2) is 28.9 Å². The normalized spacial score (nSPS) is 10.3. The van der Waals surface area contributed by atoms with Crippen LogP contribution in [0.2, 0.25) is 0 Å². The van der Waals surface area contributed by atoms with Crippen molar-refractivity contribution >= 4 is 28.3 Å². The standard InChI is InChI=1S/C17H13N5O4/c18-10-11-8-16(19-5-6-20-17(23)15-2-1-7-26-15)21-14-4-3-12(22(24)25)9-13(11)14/h1-4,7-9H,5-6H2,(H,19,21)(H,20,23). The molecule has 0 atom stereocenters. The Kier molecular flexibility index (Phi) is 4.76. The maximum Gasteiger partial charge on any atom is 0.287 e. The molecule has 2 aromatic heterocycles. The van der Waals surface area contributed by atoms with Crippen LogP contribution in [0.25, 0.3) is 10.9 Å². The van der Waals surface area contributed by atoms with Gasteiger partial charge < -0.3 is 15.1 Å². The minimum Gasteiger partial charge on any atom is -0.459 e. The van der Waals surface area contributed by atoms with Gasteiger partial charge in [0.05, 0.1) is 28.3 Å². The lowest BCUT2D eigenvalue weighted by Gasteiger charge is -2.08. The second kappa shape index (κ2) is 7.31. The Labute approximate surface area is 147 Å². The van der Waals surface area contributed by atoms with E-state index in [1.807, 2.05) is 6.07 Å². The van der Waals surface area contributed by atoms with Gasteiger partial charge >= 0.3 is 0 Å². The molecule has 26 heavy (non-hydrogen) atoms. The molecule has 1 amide bonds. The minimum atomic E-state index is -0.519. The summed E-state index contributed by atoms with van der Waals surface area (Å²) in [5, 5.41) is 26.3. The fourth-order valence-corrected chi connectivity index (χ4v) is 2.37. The number of amides is 1. The first kappa shape index (κ1) is 16.9. The number of nitro benzene ring substituents is 1. The fraction of sp³-hybridized carbons (Fsp3) is 0.118. The number of hydrogen-bond acceptors (Lipinski definition) is 7. The third kappa shape index (κ3) is 3.59. The van der Waals surface area contributed by atoms with Gasteiger partial charge in [0.15, 0.2) is 5.76 Å². The molecule has 0 bridgehead atoms. The number of hydrogen-bond donors (Lipinski definition) is 2. The molecule has 9 heteroatoms. The summed E-state index contributed by atoms with van der Waals surface area (Å²) in [5.74, 6) is 0.339. The van der Waals surface area contributed by atoms with Gasteiger partial charge in [-0.2, -0.15) is 5.26 Å². The molecule has 0 radical (unpaired) electrons. The lowest BCUT2D eigenvalue weighted by Crippen LogP contribution is -2.28. The highest BCUT2D eigenvalue weighted by Gasteiger charge is 2.12. The first-order valence-electron chi connectivity index (χ1n) is 7.63. The molecule has 130 valence electrons. The molecule has 0 aliphatic rings. The highest BCUT2D eigenvalue weighted by Crippen LogP contribution is 2.24. The van der Waals surface area contributed by atoms with Crippen molar-refractivity contribution in [1.29, 1.82) is 5.26 Å². The first-order chi connectivity index (χ1) is 12.6. The molecule has 3 rings (SSSR count). The van der Waals surface area contributed by atoms with Crippen LogP contribution in [-0.2, 0) is 0 Å². The summed E-state index contributed by atoms with van der Waals surface area (Å²) in [6.45, 7) is 0.699. The first-order valence-corrected chi connectivity index (χ1v) is 7.63. The number of carbonyl (C=O) groups is 1. The van der Waals surface area contributed by atoms with Crippen LogP contribution < -0.4 is 10.6 Å². The van der Waals surface area contributed by atoms with Gasteiger partial charge in [-0.3, -0.25) is 14.9 Å². The number of rotatable bonds is 6. The largest absolute Gasteiger partial charge is 0.459 e. The zero-order chi connectivity index (χ0) is 18.5. The lowest BCUT2D eigenvalue weighted by atomic mass is 10.1. The van der Waals surface area contributed by atoms with E-state index >= 15 is 0 Å². The second-order valence-corrected chi connectivity index (χ2v) is 5.29. The number of carbonyl (C=O) groups excluding carboxylic acids is 1. The molecule has 2 heterocycles. The maximum atomic E-state index is 11.7. The third-order valence-corrected chi connectivity index (χ3v) is 3.59. The molecule has 9 nitrogen and oxygen atoms in total. The fourth-order valence-electron chi connectivity index (χ4n) is 2.37. The Hall–Kier alpha value is -3.93. The van der Waals surface area contributed by atoms with E-state index in [0.29, 0.717) is 29.8 Å². The monoisotopic (exact) mass is 351 g/mol. The predicted octanol–water partition coefficient (Wildman–Crippen LogP) is 2.45. The summed E-state index contributed by atoms with van der Waals surface area (Å²) < 4.78 is 4.99. The Balaban J connectivity index is 1.68. The van der Waals surface area contributed by atoms with Crippen LogP contribution in [0, 0.1) is 21.4 Å². The van der Waals surface area contributed by atoms with Gasteiger partial charge in [-0.05, 0) is 24.3 Å². The van der Waals surface area contributed by atoms with E-state index in [1.54, 1.807) is 12.1 Å². The number of nitrogens with one attached hydrogen (secondary N) is 2. The molecule has 0 aliphatic heterocycles. The van der Waals surface area contributed by atoms with Crippen LogP contribution in [0.3, 0.4) is 0 Å². The summed E-state index contributed by atoms with van der Waals surface area (Å²) >= 11 is 0. The highest BCUT2D eigenvalue weighted by atomic mass is 16.6. The van der Waals surface area contributed by atoms with Crippen molar-refractivity contribution in [1.82, 2.24) is 10.3 Å². The van der Waals surface area contributed by atoms with E-state index < -0.39 is 4.92 Å². The number of benzene rings is 1. The van der Waals surface area contributed by atoms with Crippen LogP contribution in [0.15, 0.2) is 47.1 Å². The number of furan rings is 1. The molecule has 2 N–H and O–H groups in total. The van der Waals surface area contributed by atoms with Crippen molar-refractivity contribution in [2.75, 3.05) is 18.4 Å². The molecule has 0 fully saturated rings. The third-order valence-electron chi connectivity index (χ3n) is 3.59. The van der Waals surface area contributed by atoms with Gasteiger partial charge in [0.1, 0.15) is 5.82 Å². The van der Waals surface area contributed by atoms with Gasteiger partial charge in [0, 0.05) is 30.6 Å². The smallest absolute Gasteiger partial charge is 0.287 e. The van der Waals surface area contributed by atoms with Crippen molar-refractivity contribution in [2.24, 2.45) is 0 Å². The van der Waals surface area contributed by atoms with E-state index in [2.05, 4.69) is 15.6 Å². The van der Waals surface area contributed by atoms with Crippen molar-refractivity contribution in [3.63, 3.8) is 0 Å². The summed E-state index contributed by atoms with van der Waals surface area (Å²) in [4.78, 5) is 26.4. The van der Waals surface area contributed by atoms with E-state index in [1.165, 1.54) is 30.5 Å². The van der Waals surface area contributed by atoms with Gasteiger partial charge in [0.25, 0.3) is 11.6 Å². The SMILES string of the molecule is N#Cc1cc(NCCNC(=O)c2ccco2)nc2ccc([N+](=O)[O-])cc12. The van der Waals surface area contributed by atoms with Gasteiger partial charge in [0.2, 0.25) is 0 Å². The zero-order valence-corrected chi connectivity index (χ0v) is 13.4. The van der Waals surface area contributed by atoms with E-state index in [4.69, 9.17) is 4.42 Å². The van der Waals surface area contributed by atoms with Crippen molar-refractivity contribution < 1.29 is 14.1 Å². The molecule has 3 aromatic rings. The minimum absolute atomic E-state index is 0.0999.